The summed E-state index contributed by atoms with van der Waals surface area (Å²) in [6.07, 6.45) is 3.74. The van der Waals surface area contributed by atoms with E-state index in [1.54, 1.807) is 18.0 Å². The number of alkyl carbamates (subject to hydrolysis) is 1. The fourth-order valence-corrected chi connectivity index (χ4v) is 2.47. The fraction of sp³-hybridized carbons (Fsp3) is 0.429. The first-order valence-electron chi connectivity index (χ1n) is 6.21. The average Bonchev–Trinajstić information content (AvgIpc) is 2.49. The van der Waals surface area contributed by atoms with E-state index in [2.05, 4.69) is 5.32 Å². The van der Waals surface area contributed by atoms with Gasteiger partial charge in [0.2, 0.25) is 5.12 Å². The van der Waals surface area contributed by atoms with E-state index in [0.717, 1.165) is 23.1 Å². The second kappa shape index (κ2) is 9.72. The summed E-state index contributed by atoms with van der Waals surface area (Å²) in [5, 5.41) is 2.58. The molecule has 0 bridgehead atoms. The van der Waals surface area contributed by atoms with Crippen LogP contribution in [-0.4, -0.2) is 35.5 Å². The van der Waals surface area contributed by atoms with Crippen LogP contribution in [0.2, 0.25) is 0 Å². The Balaban J connectivity index is 2.43. The molecule has 0 aromatic heterocycles. The van der Waals surface area contributed by atoms with Crippen LogP contribution in [0.4, 0.5) is 4.79 Å². The summed E-state index contributed by atoms with van der Waals surface area (Å²) in [4.78, 5) is 23.4. The summed E-state index contributed by atoms with van der Waals surface area (Å²) in [5.74, 6) is 0.815. The summed E-state index contributed by atoms with van der Waals surface area (Å²) in [7, 11) is 0. The SMILES string of the molecule is CSCCC(NC(=O)OCc1ccccc1)C(=O)SC. The molecule has 1 aromatic carbocycles. The average molecular weight is 313 g/mol. The molecule has 0 fully saturated rings. The number of carbonyl (C=O) groups is 2. The van der Waals surface area contributed by atoms with Crippen LogP contribution in [0.3, 0.4) is 0 Å². The van der Waals surface area contributed by atoms with E-state index in [1.165, 1.54) is 0 Å². The maximum Gasteiger partial charge on any atom is 0.408 e. The monoisotopic (exact) mass is 313 g/mol. The second-order valence-electron chi connectivity index (χ2n) is 4.06. The number of nitrogens with one attached hydrogen (secondary N) is 1. The molecular weight excluding hydrogens is 294 g/mol. The Kier molecular flexibility index (Phi) is 8.22. The normalized spacial score (nSPS) is 11.7. The maximum absolute atomic E-state index is 11.7. The number of amides is 1. The van der Waals surface area contributed by atoms with Gasteiger partial charge >= 0.3 is 6.09 Å². The third kappa shape index (κ3) is 6.34. The minimum atomic E-state index is -0.553. The number of benzene rings is 1. The number of hydrogen-bond acceptors (Lipinski definition) is 5. The molecular formula is C14H19NO3S2. The van der Waals surface area contributed by atoms with Gasteiger partial charge in [-0.25, -0.2) is 4.79 Å². The Morgan fingerprint density at radius 2 is 1.95 bits per heavy atom. The third-order valence-corrected chi connectivity index (χ3v) is 3.93. The lowest BCUT2D eigenvalue weighted by molar-refractivity contribution is -0.112. The topological polar surface area (TPSA) is 55.4 Å². The van der Waals surface area contributed by atoms with Gasteiger partial charge in [0.05, 0.1) is 0 Å². The summed E-state index contributed by atoms with van der Waals surface area (Å²) in [5.41, 5.74) is 0.916. The largest absolute Gasteiger partial charge is 0.445 e. The van der Waals surface area contributed by atoms with Crippen molar-refractivity contribution in [2.45, 2.75) is 19.1 Å². The molecule has 1 unspecified atom stereocenters. The zero-order valence-electron chi connectivity index (χ0n) is 11.6. The Morgan fingerprint density at radius 3 is 2.55 bits per heavy atom. The second-order valence-corrected chi connectivity index (χ2v) is 5.86. The molecule has 110 valence electrons. The minimum absolute atomic E-state index is 0.0456. The summed E-state index contributed by atoms with van der Waals surface area (Å²) < 4.78 is 5.11. The quantitative estimate of drug-likeness (QED) is 0.839. The molecule has 0 heterocycles. The maximum atomic E-state index is 11.7. The molecule has 0 aliphatic heterocycles. The molecule has 0 saturated heterocycles. The lowest BCUT2D eigenvalue weighted by Gasteiger charge is -2.16. The van der Waals surface area contributed by atoms with Crippen LogP contribution in [0.15, 0.2) is 30.3 Å². The van der Waals surface area contributed by atoms with E-state index in [-0.39, 0.29) is 11.7 Å². The minimum Gasteiger partial charge on any atom is -0.445 e. The van der Waals surface area contributed by atoms with Gasteiger partial charge < -0.3 is 10.1 Å². The van der Waals surface area contributed by atoms with Crippen molar-refractivity contribution in [3.05, 3.63) is 35.9 Å². The van der Waals surface area contributed by atoms with Crippen LogP contribution < -0.4 is 5.32 Å². The highest BCUT2D eigenvalue weighted by molar-refractivity contribution is 8.13. The van der Waals surface area contributed by atoms with E-state index < -0.39 is 12.1 Å². The Labute approximate surface area is 128 Å². The predicted octanol–water partition coefficient (Wildman–Crippen LogP) is 2.92. The summed E-state index contributed by atoms with van der Waals surface area (Å²) in [6.45, 7) is 0.204. The van der Waals surface area contributed by atoms with E-state index in [0.29, 0.717) is 6.42 Å². The molecule has 0 spiro atoms. The van der Waals surface area contributed by atoms with Gasteiger partial charge in [0.1, 0.15) is 12.6 Å². The molecule has 6 heteroatoms. The molecule has 1 aromatic rings. The standard InChI is InChI=1S/C14H19NO3S2/c1-19-9-8-12(13(16)20-2)15-14(17)18-10-11-6-4-3-5-7-11/h3-7,12H,8-10H2,1-2H3,(H,15,17). The van der Waals surface area contributed by atoms with E-state index >= 15 is 0 Å². The van der Waals surface area contributed by atoms with Gasteiger partial charge in [0, 0.05) is 0 Å². The molecule has 20 heavy (non-hydrogen) atoms. The third-order valence-electron chi connectivity index (χ3n) is 2.60. The van der Waals surface area contributed by atoms with Crippen molar-refractivity contribution in [2.75, 3.05) is 18.3 Å². The van der Waals surface area contributed by atoms with E-state index in [9.17, 15) is 9.59 Å². The molecule has 0 saturated carbocycles. The van der Waals surface area contributed by atoms with Gasteiger partial charge in [-0.05, 0) is 30.2 Å². The van der Waals surface area contributed by atoms with E-state index in [1.807, 2.05) is 36.6 Å². The van der Waals surface area contributed by atoms with Crippen molar-refractivity contribution >= 4 is 34.7 Å². The van der Waals surface area contributed by atoms with Gasteiger partial charge in [-0.15, -0.1) is 0 Å². The molecule has 4 nitrogen and oxygen atoms in total. The van der Waals surface area contributed by atoms with Gasteiger partial charge in [0.25, 0.3) is 0 Å². The lowest BCUT2D eigenvalue weighted by atomic mass is 10.2. The first-order valence-corrected chi connectivity index (χ1v) is 8.83. The van der Waals surface area contributed by atoms with Gasteiger partial charge in [0.15, 0.2) is 0 Å². The van der Waals surface area contributed by atoms with Crippen LogP contribution in [0.1, 0.15) is 12.0 Å². The smallest absolute Gasteiger partial charge is 0.408 e. The number of hydrogen-bond donors (Lipinski definition) is 1. The zero-order chi connectivity index (χ0) is 14.8. The van der Waals surface area contributed by atoms with Gasteiger partial charge in [-0.1, -0.05) is 42.1 Å². The van der Waals surface area contributed by atoms with Gasteiger partial charge in [-0.3, -0.25) is 4.79 Å². The van der Waals surface area contributed by atoms with Crippen molar-refractivity contribution in [3.8, 4) is 0 Å². The first-order chi connectivity index (χ1) is 9.67. The first kappa shape index (κ1) is 16.9. The molecule has 1 N–H and O–H groups in total. The highest BCUT2D eigenvalue weighted by atomic mass is 32.2. The number of carbonyl (C=O) groups excluding carboxylic acids is 2. The fourth-order valence-electron chi connectivity index (χ4n) is 1.53. The zero-order valence-corrected chi connectivity index (χ0v) is 13.3. The van der Waals surface area contributed by atoms with Crippen molar-refractivity contribution < 1.29 is 14.3 Å². The van der Waals surface area contributed by atoms with Crippen LogP contribution in [0, 0.1) is 0 Å². The molecule has 1 atom stereocenters. The van der Waals surface area contributed by atoms with Crippen LogP contribution >= 0.6 is 23.5 Å². The Morgan fingerprint density at radius 1 is 1.25 bits per heavy atom. The molecule has 0 aliphatic carbocycles. The highest BCUT2D eigenvalue weighted by Crippen LogP contribution is 2.09. The van der Waals surface area contributed by atoms with Gasteiger partial charge in [-0.2, -0.15) is 11.8 Å². The van der Waals surface area contributed by atoms with Crippen LogP contribution in [0.25, 0.3) is 0 Å². The van der Waals surface area contributed by atoms with Crippen molar-refractivity contribution in [1.29, 1.82) is 0 Å². The molecule has 0 aliphatic rings. The summed E-state index contributed by atoms with van der Waals surface area (Å²) in [6, 6.07) is 8.95. The lowest BCUT2D eigenvalue weighted by Crippen LogP contribution is -2.40. The molecule has 1 amide bonds. The molecule has 0 radical (unpaired) electrons. The van der Waals surface area contributed by atoms with Crippen molar-refractivity contribution in [1.82, 2.24) is 5.32 Å². The molecule has 1 rings (SSSR count). The number of thioether (sulfide) groups is 2. The number of rotatable bonds is 7. The van der Waals surface area contributed by atoms with Crippen molar-refractivity contribution in [2.24, 2.45) is 0 Å². The Hall–Kier alpha value is -1.14. The van der Waals surface area contributed by atoms with Crippen molar-refractivity contribution in [3.63, 3.8) is 0 Å². The highest BCUT2D eigenvalue weighted by Gasteiger charge is 2.20. The van der Waals surface area contributed by atoms with Crippen LogP contribution in [0.5, 0.6) is 0 Å². The van der Waals surface area contributed by atoms with Crippen LogP contribution in [-0.2, 0) is 16.1 Å². The Bertz CT molecular complexity index is 426. The number of ether oxygens (including phenoxy) is 1. The summed E-state index contributed by atoms with van der Waals surface area (Å²) >= 11 is 2.76. The van der Waals surface area contributed by atoms with E-state index in [4.69, 9.17) is 4.74 Å². The predicted molar refractivity (Wildman–Crippen MR) is 85.1 cm³/mol.